The highest BCUT2D eigenvalue weighted by Crippen LogP contribution is 2.18. The number of aromatic nitrogens is 4. The number of hydrogen-bond donors (Lipinski definition) is 2. The van der Waals surface area contributed by atoms with Crippen molar-refractivity contribution in [2.75, 3.05) is 13.6 Å². The number of hydrogen-bond acceptors (Lipinski definition) is 5. The molecule has 0 radical (unpaired) electrons. The summed E-state index contributed by atoms with van der Waals surface area (Å²) in [5.74, 6) is 1.81. The number of nitrogens with one attached hydrogen (secondary N) is 2. The Labute approximate surface area is 191 Å². The molecular formula is C23H24ClN7O. The SMILES string of the molecule is CN=C(NCCc1nc(-c2ccc(Cl)cc2)no1)NCc1ccccc1Cn1cccn1. The lowest BCUT2D eigenvalue weighted by Crippen LogP contribution is -2.38. The van der Waals surface area contributed by atoms with Crippen molar-refractivity contribution in [2.45, 2.75) is 19.5 Å². The van der Waals surface area contributed by atoms with E-state index < -0.39 is 0 Å². The molecular weight excluding hydrogens is 426 g/mol. The molecule has 4 aromatic rings. The van der Waals surface area contributed by atoms with E-state index in [1.54, 1.807) is 25.4 Å². The summed E-state index contributed by atoms with van der Waals surface area (Å²) >= 11 is 5.93. The van der Waals surface area contributed by atoms with Gasteiger partial charge in [-0.05, 0) is 41.5 Å². The first-order valence-corrected chi connectivity index (χ1v) is 10.7. The van der Waals surface area contributed by atoms with E-state index in [1.807, 2.05) is 41.2 Å². The van der Waals surface area contributed by atoms with Crippen molar-refractivity contribution >= 4 is 17.6 Å². The van der Waals surface area contributed by atoms with Crippen molar-refractivity contribution < 1.29 is 4.52 Å². The largest absolute Gasteiger partial charge is 0.356 e. The van der Waals surface area contributed by atoms with Gasteiger partial charge in [-0.25, -0.2) is 0 Å². The number of nitrogens with zero attached hydrogens (tertiary/aromatic N) is 5. The molecule has 2 aromatic heterocycles. The van der Waals surface area contributed by atoms with Gasteiger partial charge in [-0.3, -0.25) is 9.67 Å². The molecule has 2 aromatic carbocycles. The van der Waals surface area contributed by atoms with Crippen LogP contribution in [0.4, 0.5) is 0 Å². The molecule has 0 amide bonds. The summed E-state index contributed by atoms with van der Waals surface area (Å²) in [6, 6.07) is 17.6. The maximum atomic E-state index is 5.93. The first-order chi connectivity index (χ1) is 15.7. The number of benzene rings is 2. The van der Waals surface area contributed by atoms with Gasteiger partial charge < -0.3 is 15.2 Å². The van der Waals surface area contributed by atoms with E-state index in [1.165, 1.54) is 11.1 Å². The summed E-state index contributed by atoms with van der Waals surface area (Å²) in [5, 5.41) is 15.6. The van der Waals surface area contributed by atoms with Crippen LogP contribution in [0.15, 0.2) is 76.5 Å². The summed E-state index contributed by atoms with van der Waals surface area (Å²) < 4.78 is 7.27. The second kappa shape index (κ2) is 10.6. The van der Waals surface area contributed by atoms with Crippen molar-refractivity contribution in [3.63, 3.8) is 0 Å². The molecule has 4 rings (SSSR count). The lowest BCUT2D eigenvalue weighted by molar-refractivity contribution is 0.378. The summed E-state index contributed by atoms with van der Waals surface area (Å²) in [5.41, 5.74) is 3.26. The Bertz CT molecular complexity index is 1150. The summed E-state index contributed by atoms with van der Waals surface area (Å²) in [6.45, 7) is 1.99. The third kappa shape index (κ3) is 5.73. The van der Waals surface area contributed by atoms with Gasteiger partial charge in [-0.15, -0.1) is 0 Å². The molecule has 0 bridgehead atoms. The van der Waals surface area contributed by atoms with Crippen LogP contribution in [-0.2, 0) is 19.5 Å². The molecule has 0 unspecified atom stereocenters. The molecule has 8 nitrogen and oxygen atoms in total. The van der Waals surface area contributed by atoms with Crippen molar-refractivity contribution in [2.24, 2.45) is 4.99 Å². The number of guanidine groups is 1. The van der Waals surface area contributed by atoms with Gasteiger partial charge in [0.25, 0.3) is 0 Å². The molecule has 9 heteroatoms. The Kier molecular flexibility index (Phi) is 7.14. The maximum absolute atomic E-state index is 5.93. The Morgan fingerprint density at radius 2 is 1.88 bits per heavy atom. The van der Waals surface area contributed by atoms with E-state index >= 15 is 0 Å². The van der Waals surface area contributed by atoms with Crippen LogP contribution in [0, 0.1) is 0 Å². The Morgan fingerprint density at radius 1 is 1.06 bits per heavy atom. The third-order valence-corrected chi connectivity index (χ3v) is 5.13. The van der Waals surface area contributed by atoms with Gasteiger partial charge in [-0.1, -0.05) is 41.0 Å². The monoisotopic (exact) mass is 449 g/mol. The predicted octanol–water partition coefficient (Wildman–Crippen LogP) is 3.54. The lowest BCUT2D eigenvalue weighted by Gasteiger charge is -2.14. The number of rotatable bonds is 8. The van der Waals surface area contributed by atoms with Gasteiger partial charge in [0.2, 0.25) is 11.7 Å². The molecule has 0 aliphatic carbocycles. The first-order valence-electron chi connectivity index (χ1n) is 10.3. The van der Waals surface area contributed by atoms with Crippen LogP contribution in [-0.4, -0.2) is 39.5 Å². The molecule has 0 aliphatic rings. The zero-order valence-corrected chi connectivity index (χ0v) is 18.5. The van der Waals surface area contributed by atoms with Crippen LogP contribution in [0.2, 0.25) is 5.02 Å². The van der Waals surface area contributed by atoms with Crippen LogP contribution in [0.25, 0.3) is 11.4 Å². The highest BCUT2D eigenvalue weighted by atomic mass is 35.5. The minimum absolute atomic E-state index is 0.549. The highest BCUT2D eigenvalue weighted by molar-refractivity contribution is 6.30. The summed E-state index contributed by atoms with van der Waals surface area (Å²) in [4.78, 5) is 8.74. The molecule has 0 saturated carbocycles. The van der Waals surface area contributed by atoms with Crippen molar-refractivity contribution in [3.05, 3.63) is 89.0 Å². The van der Waals surface area contributed by atoms with Gasteiger partial charge in [0.1, 0.15) is 0 Å². The second-order valence-corrected chi connectivity index (χ2v) is 7.53. The molecule has 0 spiro atoms. The van der Waals surface area contributed by atoms with E-state index in [4.69, 9.17) is 16.1 Å². The van der Waals surface area contributed by atoms with Gasteiger partial charge in [0, 0.05) is 49.5 Å². The molecule has 0 fully saturated rings. The minimum atomic E-state index is 0.549. The Morgan fingerprint density at radius 3 is 2.62 bits per heavy atom. The highest BCUT2D eigenvalue weighted by Gasteiger charge is 2.09. The average molecular weight is 450 g/mol. The quantitative estimate of drug-likeness (QED) is 0.315. The zero-order chi connectivity index (χ0) is 22.2. The Balaban J connectivity index is 1.28. The molecule has 32 heavy (non-hydrogen) atoms. The third-order valence-electron chi connectivity index (χ3n) is 4.88. The molecule has 164 valence electrons. The molecule has 2 N–H and O–H groups in total. The van der Waals surface area contributed by atoms with Crippen molar-refractivity contribution in [3.8, 4) is 11.4 Å². The van der Waals surface area contributed by atoms with E-state index in [0.717, 1.165) is 12.1 Å². The second-order valence-electron chi connectivity index (χ2n) is 7.09. The Hall–Kier alpha value is -3.65. The maximum Gasteiger partial charge on any atom is 0.228 e. The van der Waals surface area contributed by atoms with Gasteiger partial charge >= 0.3 is 0 Å². The molecule has 2 heterocycles. The number of aliphatic imine (C=N–C) groups is 1. The van der Waals surface area contributed by atoms with E-state index in [0.29, 0.717) is 42.2 Å². The van der Waals surface area contributed by atoms with Crippen LogP contribution < -0.4 is 10.6 Å². The predicted molar refractivity (Wildman–Crippen MR) is 124 cm³/mol. The average Bonchev–Trinajstić information content (AvgIpc) is 3.50. The van der Waals surface area contributed by atoms with Crippen LogP contribution >= 0.6 is 11.6 Å². The smallest absolute Gasteiger partial charge is 0.228 e. The van der Waals surface area contributed by atoms with Crippen LogP contribution in [0.1, 0.15) is 17.0 Å². The van der Waals surface area contributed by atoms with Gasteiger partial charge in [0.15, 0.2) is 5.96 Å². The summed E-state index contributed by atoms with van der Waals surface area (Å²) in [7, 11) is 1.75. The molecule has 0 atom stereocenters. The fourth-order valence-corrected chi connectivity index (χ4v) is 3.34. The fourth-order valence-electron chi connectivity index (χ4n) is 3.21. The summed E-state index contributed by atoms with van der Waals surface area (Å²) in [6.07, 6.45) is 4.33. The van der Waals surface area contributed by atoms with E-state index in [2.05, 4.69) is 43.0 Å². The normalized spacial score (nSPS) is 11.5. The molecule has 0 saturated heterocycles. The topological polar surface area (TPSA) is 93.2 Å². The van der Waals surface area contributed by atoms with Gasteiger partial charge in [-0.2, -0.15) is 10.1 Å². The van der Waals surface area contributed by atoms with E-state index in [9.17, 15) is 0 Å². The zero-order valence-electron chi connectivity index (χ0n) is 17.7. The van der Waals surface area contributed by atoms with Gasteiger partial charge in [0.05, 0.1) is 6.54 Å². The number of halogens is 1. The standard InChI is InChI=1S/C23H24ClN7O/c1-25-23(27-15-18-5-2-3-6-19(18)16-31-14-4-12-28-31)26-13-11-21-29-22(30-32-21)17-7-9-20(24)10-8-17/h2-10,12,14H,11,13,15-16H2,1H3,(H2,25,26,27). The first kappa shape index (κ1) is 21.6. The van der Waals surface area contributed by atoms with Crippen molar-refractivity contribution in [1.82, 2.24) is 30.6 Å². The molecule has 0 aliphatic heterocycles. The lowest BCUT2D eigenvalue weighted by atomic mass is 10.1. The van der Waals surface area contributed by atoms with Crippen molar-refractivity contribution in [1.29, 1.82) is 0 Å². The van der Waals surface area contributed by atoms with Crippen LogP contribution in [0.3, 0.4) is 0 Å². The van der Waals surface area contributed by atoms with E-state index in [-0.39, 0.29) is 0 Å². The fraction of sp³-hybridized carbons (Fsp3) is 0.217. The van der Waals surface area contributed by atoms with Crippen LogP contribution in [0.5, 0.6) is 0 Å². The minimum Gasteiger partial charge on any atom is -0.356 e.